The monoisotopic (exact) mass is 273 g/mol. The van der Waals surface area contributed by atoms with E-state index in [0.717, 1.165) is 26.2 Å². The molecule has 114 valence electrons. The van der Waals surface area contributed by atoms with Crippen molar-refractivity contribution in [1.29, 1.82) is 0 Å². The van der Waals surface area contributed by atoms with Crippen LogP contribution in [-0.4, -0.2) is 52.2 Å². The topological polar surface area (TPSA) is 39.7 Å². The van der Waals surface area contributed by atoms with Crippen LogP contribution in [0.5, 0.6) is 0 Å². The van der Waals surface area contributed by atoms with Crippen LogP contribution in [0.15, 0.2) is 0 Å². The Kier molecular flexibility index (Phi) is 10.4. The first-order chi connectivity index (χ1) is 9.33. The molecule has 0 aromatic heterocycles. The first-order valence-electron chi connectivity index (χ1n) is 7.74. The van der Waals surface area contributed by atoms with Crippen molar-refractivity contribution in [2.45, 2.75) is 57.6 Å². The molecule has 19 heavy (non-hydrogen) atoms. The third-order valence-corrected chi connectivity index (χ3v) is 3.57. The van der Waals surface area contributed by atoms with E-state index in [4.69, 9.17) is 14.2 Å². The van der Waals surface area contributed by atoms with Crippen LogP contribution in [0.2, 0.25) is 0 Å². The molecule has 0 bridgehead atoms. The molecule has 1 rings (SSSR count). The Morgan fingerprint density at radius 1 is 1.05 bits per heavy atom. The van der Waals surface area contributed by atoms with E-state index in [-0.39, 0.29) is 6.10 Å². The van der Waals surface area contributed by atoms with Crippen molar-refractivity contribution in [2.75, 3.05) is 40.1 Å². The molecule has 1 fully saturated rings. The lowest BCUT2D eigenvalue weighted by molar-refractivity contribution is 0.00761. The normalized spacial score (nSPS) is 18.6. The van der Waals surface area contributed by atoms with Gasteiger partial charge in [-0.1, -0.05) is 19.3 Å². The standard InChI is InChI=1S/C15H31NO3/c1-14(13-16-15-7-4-3-5-8-15)19-12-11-18-10-6-9-17-2/h14-16H,3-13H2,1-2H3. The molecular weight excluding hydrogens is 242 g/mol. The van der Waals surface area contributed by atoms with Crippen LogP contribution in [-0.2, 0) is 14.2 Å². The second-order valence-corrected chi connectivity index (χ2v) is 5.38. The highest BCUT2D eigenvalue weighted by Gasteiger charge is 2.13. The van der Waals surface area contributed by atoms with E-state index >= 15 is 0 Å². The van der Waals surface area contributed by atoms with Gasteiger partial charge in [0.1, 0.15) is 0 Å². The number of hydrogen-bond acceptors (Lipinski definition) is 4. The van der Waals surface area contributed by atoms with E-state index in [1.807, 2.05) is 0 Å². The summed E-state index contributed by atoms with van der Waals surface area (Å²) < 4.78 is 16.1. The van der Waals surface area contributed by atoms with Gasteiger partial charge in [-0.2, -0.15) is 0 Å². The van der Waals surface area contributed by atoms with Crippen molar-refractivity contribution in [1.82, 2.24) is 5.32 Å². The Morgan fingerprint density at radius 2 is 1.84 bits per heavy atom. The van der Waals surface area contributed by atoms with Crippen LogP contribution >= 0.6 is 0 Å². The molecule has 1 saturated carbocycles. The highest BCUT2D eigenvalue weighted by Crippen LogP contribution is 2.17. The molecule has 0 aromatic carbocycles. The zero-order valence-corrected chi connectivity index (χ0v) is 12.7. The van der Waals surface area contributed by atoms with Gasteiger partial charge >= 0.3 is 0 Å². The van der Waals surface area contributed by atoms with E-state index in [0.29, 0.717) is 19.3 Å². The summed E-state index contributed by atoms with van der Waals surface area (Å²) in [6.07, 6.45) is 8.04. The number of methoxy groups -OCH3 is 1. The summed E-state index contributed by atoms with van der Waals surface area (Å²) in [4.78, 5) is 0. The van der Waals surface area contributed by atoms with E-state index in [2.05, 4.69) is 12.2 Å². The van der Waals surface area contributed by atoms with Crippen molar-refractivity contribution in [2.24, 2.45) is 0 Å². The predicted molar refractivity (Wildman–Crippen MR) is 77.6 cm³/mol. The first-order valence-corrected chi connectivity index (χ1v) is 7.74. The van der Waals surface area contributed by atoms with Crippen LogP contribution in [0.1, 0.15) is 45.4 Å². The summed E-state index contributed by atoms with van der Waals surface area (Å²) in [5.41, 5.74) is 0. The van der Waals surface area contributed by atoms with Crippen LogP contribution in [0.3, 0.4) is 0 Å². The van der Waals surface area contributed by atoms with Gasteiger partial charge in [-0.15, -0.1) is 0 Å². The SMILES string of the molecule is COCCCOCCOC(C)CNC1CCCCC1. The van der Waals surface area contributed by atoms with Gasteiger partial charge in [-0.05, 0) is 26.2 Å². The molecule has 4 heteroatoms. The highest BCUT2D eigenvalue weighted by atomic mass is 16.5. The fourth-order valence-corrected chi connectivity index (χ4v) is 2.41. The molecule has 0 radical (unpaired) electrons. The molecule has 1 atom stereocenters. The van der Waals surface area contributed by atoms with Gasteiger partial charge in [0, 0.05) is 32.9 Å². The average Bonchev–Trinajstić information content (AvgIpc) is 2.45. The van der Waals surface area contributed by atoms with Crippen molar-refractivity contribution < 1.29 is 14.2 Å². The molecule has 0 amide bonds. The van der Waals surface area contributed by atoms with Crippen molar-refractivity contribution in [3.05, 3.63) is 0 Å². The lowest BCUT2D eigenvalue weighted by atomic mass is 9.95. The summed E-state index contributed by atoms with van der Waals surface area (Å²) in [7, 11) is 1.71. The van der Waals surface area contributed by atoms with Gasteiger partial charge < -0.3 is 19.5 Å². The Labute approximate surface area is 118 Å². The van der Waals surface area contributed by atoms with Crippen molar-refractivity contribution >= 4 is 0 Å². The molecule has 1 unspecified atom stereocenters. The largest absolute Gasteiger partial charge is 0.385 e. The average molecular weight is 273 g/mol. The smallest absolute Gasteiger partial charge is 0.0704 e. The Hall–Kier alpha value is -0.160. The van der Waals surface area contributed by atoms with Crippen LogP contribution in [0, 0.1) is 0 Å². The lowest BCUT2D eigenvalue weighted by Gasteiger charge is -2.24. The molecule has 0 spiro atoms. The molecule has 4 nitrogen and oxygen atoms in total. The van der Waals surface area contributed by atoms with Crippen LogP contribution in [0.25, 0.3) is 0 Å². The van der Waals surface area contributed by atoms with Gasteiger partial charge in [-0.25, -0.2) is 0 Å². The quantitative estimate of drug-likeness (QED) is 0.587. The van der Waals surface area contributed by atoms with E-state index < -0.39 is 0 Å². The molecule has 0 heterocycles. The van der Waals surface area contributed by atoms with Crippen LogP contribution in [0.4, 0.5) is 0 Å². The van der Waals surface area contributed by atoms with Gasteiger partial charge in [0.05, 0.1) is 19.3 Å². The summed E-state index contributed by atoms with van der Waals surface area (Å²) >= 11 is 0. The summed E-state index contributed by atoms with van der Waals surface area (Å²) in [6.45, 7) is 5.96. The molecule has 1 aliphatic carbocycles. The Bertz CT molecular complexity index is 196. The maximum atomic E-state index is 5.72. The molecule has 0 saturated heterocycles. The fraction of sp³-hybridized carbons (Fsp3) is 1.00. The highest BCUT2D eigenvalue weighted by molar-refractivity contribution is 4.72. The number of hydrogen-bond donors (Lipinski definition) is 1. The van der Waals surface area contributed by atoms with Crippen molar-refractivity contribution in [3.8, 4) is 0 Å². The third kappa shape index (κ3) is 9.38. The summed E-state index contributed by atoms with van der Waals surface area (Å²) in [5.74, 6) is 0. The maximum Gasteiger partial charge on any atom is 0.0704 e. The van der Waals surface area contributed by atoms with Gasteiger partial charge in [0.2, 0.25) is 0 Å². The van der Waals surface area contributed by atoms with Crippen molar-refractivity contribution in [3.63, 3.8) is 0 Å². The third-order valence-electron chi connectivity index (χ3n) is 3.57. The van der Waals surface area contributed by atoms with E-state index in [1.165, 1.54) is 32.1 Å². The molecule has 0 aromatic rings. The molecular formula is C15H31NO3. The second kappa shape index (κ2) is 11.6. The van der Waals surface area contributed by atoms with E-state index in [9.17, 15) is 0 Å². The molecule has 0 aliphatic heterocycles. The minimum atomic E-state index is 0.268. The minimum Gasteiger partial charge on any atom is -0.385 e. The van der Waals surface area contributed by atoms with E-state index in [1.54, 1.807) is 7.11 Å². The lowest BCUT2D eigenvalue weighted by Crippen LogP contribution is -2.37. The predicted octanol–water partition coefficient (Wildman–Crippen LogP) is 2.37. The van der Waals surface area contributed by atoms with Gasteiger partial charge in [0.15, 0.2) is 0 Å². The number of rotatable bonds is 11. The summed E-state index contributed by atoms with van der Waals surface area (Å²) in [6, 6.07) is 0.713. The Morgan fingerprint density at radius 3 is 2.58 bits per heavy atom. The maximum absolute atomic E-state index is 5.72. The second-order valence-electron chi connectivity index (χ2n) is 5.38. The zero-order valence-electron chi connectivity index (χ0n) is 12.7. The fourth-order valence-electron chi connectivity index (χ4n) is 2.41. The summed E-state index contributed by atoms with van der Waals surface area (Å²) in [5, 5.41) is 3.61. The Balaban J connectivity index is 1.85. The number of ether oxygens (including phenoxy) is 3. The first kappa shape index (κ1) is 16.9. The number of nitrogens with one attached hydrogen (secondary N) is 1. The van der Waals surface area contributed by atoms with Crippen LogP contribution < -0.4 is 5.32 Å². The van der Waals surface area contributed by atoms with Gasteiger partial charge in [-0.3, -0.25) is 0 Å². The zero-order chi connectivity index (χ0) is 13.8. The van der Waals surface area contributed by atoms with Gasteiger partial charge in [0.25, 0.3) is 0 Å². The molecule has 1 aliphatic rings. The molecule has 1 N–H and O–H groups in total. The minimum absolute atomic E-state index is 0.268.